The number of amides is 1. The molecule has 0 aliphatic carbocycles. The van der Waals surface area contributed by atoms with E-state index in [1.165, 1.54) is 11.8 Å². The molecular formula is C21H30N4O2SSi. The Kier molecular flexibility index (Phi) is 6.07. The zero-order chi connectivity index (χ0) is 21.4. The fraction of sp³-hybridized carbons (Fsp3) is 0.476. The fourth-order valence-electron chi connectivity index (χ4n) is 3.31. The zero-order valence-corrected chi connectivity index (χ0v) is 19.9. The second kappa shape index (κ2) is 8.08. The number of anilines is 2. The highest BCUT2D eigenvalue weighted by Crippen LogP contribution is 2.39. The minimum Gasteiger partial charge on any atom is -0.432 e. The van der Waals surface area contributed by atoms with Gasteiger partial charge in [-0.1, -0.05) is 37.7 Å². The van der Waals surface area contributed by atoms with Crippen molar-refractivity contribution in [2.75, 3.05) is 36.2 Å². The van der Waals surface area contributed by atoms with Gasteiger partial charge >= 0.3 is 0 Å². The number of hydrogen-bond donors (Lipinski definition) is 1. The van der Waals surface area contributed by atoms with E-state index in [0.717, 1.165) is 17.7 Å². The summed E-state index contributed by atoms with van der Waals surface area (Å²) in [7, 11) is -0.360. The van der Waals surface area contributed by atoms with Crippen LogP contribution in [0.5, 0.6) is 0 Å². The number of benzene rings is 1. The van der Waals surface area contributed by atoms with Crippen molar-refractivity contribution in [1.82, 2.24) is 9.97 Å². The molecule has 29 heavy (non-hydrogen) atoms. The van der Waals surface area contributed by atoms with E-state index >= 15 is 0 Å². The summed E-state index contributed by atoms with van der Waals surface area (Å²) in [4.78, 5) is 36.6. The van der Waals surface area contributed by atoms with E-state index in [-0.39, 0.29) is 10.9 Å². The summed E-state index contributed by atoms with van der Waals surface area (Å²) < 4.78 is 0. The van der Waals surface area contributed by atoms with Gasteiger partial charge in [0, 0.05) is 32.0 Å². The molecule has 0 spiro atoms. The van der Waals surface area contributed by atoms with Crippen molar-refractivity contribution in [2.24, 2.45) is 0 Å². The molecule has 2 heterocycles. The first-order valence-electron chi connectivity index (χ1n) is 9.79. The molecule has 156 valence electrons. The monoisotopic (exact) mass is 430 g/mol. The summed E-state index contributed by atoms with van der Waals surface area (Å²) >= 11 is 1.47. The number of likely N-dealkylation sites (N-methyl/N-ethyl adjacent to an activating group) is 1. The van der Waals surface area contributed by atoms with Crippen molar-refractivity contribution in [3.8, 4) is 0 Å². The van der Waals surface area contributed by atoms with Crippen LogP contribution in [0.25, 0.3) is 0 Å². The predicted octanol–water partition coefficient (Wildman–Crippen LogP) is 3.82. The van der Waals surface area contributed by atoms with Gasteiger partial charge in [0.1, 0.15) is 11.4 Å². The van der Waals surface area contributed by atoms with E-state index in [9.17, 15) is 9.59 Å². The van der Waals surface area contributed by atoms with Crippen LogP contribution in [0.4, 0.5) is 11.5 Å². The summed E-state index contributed by atoms with van der Waals surface area (Å²) in [5.74, 6) is 0.604. The topological polar surface area (TPSA) is 69.6 Å². The van der Waals surface area contributed by atoms with Gasteiger partial charge < -0.3 is 14.6 Å². The highest BCUT2D eigenvalue weighted by Gasteiger charge is 2.38. The second-order valence-electron chi connectivity index (χ2n) is 8.76. The van der Waals surface area contributed by atoms with Crippen LogP contribution >= 0.6 is 11.8 Å². The van der Waals surface area contributed by atoms with Crippen molar-refractivity contribution in [3.63, 3.8) is 0 Å². The minimum absolute atomic E-state index is 0.0784. The maximum absolute atomic E-state index is 13.3. The normalized spacial score (nSPS) is 15.3. The average Bonchev–Trinajstić information content (AvgIpc) is 2.77. The Labute approximate surface area is 178 Å². The van der Waals surface area contributed by atoms with E-state index in [4.69, 9.17) is 0 Å². The fourth-order valence-corrected chi connectivity index (χ4v) is 4.28. The first-order valence-corrected chi connectivity index (χ1v) is 14.0. The molecule has 0 unspecified atom stereocenters. The Bertz CT molecular complexity index is 914. The molecule has 0 bridgehead atoms. The first kappa shape index (κ1) is 21.8. The third kappa shape index (κ3) is 4.49. The van der Waals surface area contributed by atoms with Crippen molar-refractivity contribution in [2.45, 2.75) is 43.6 Å². The van der Waals surface area contributed by atoms with Crippen LogP contribution in [0, 0.1) is 0 Å². The molecule has 0 saturated heterocycles. The van der Waals surface area contributed by atoms with Gasteiger partial charge in [0.05, 0.1) is 0 Å². The minimum atomic E-state index is -2.32. The summed E-state index contributed by atoms with van der Waals surface area (Å²) in [6, 6.07) is 8.10. The molecule has 2 aromatic rings. The number of fused-ring (bicyclic) bond motifs is 1. The van der Waals surface area contributed by atoms with Gasteiger partial charge in [0.2, 0.25) is 0 Å². The van der Waals surface area contributed by atoms with Crippen molar-refractivity contribution in [3.05, 3.63) is 41.6 Å². The molecule has 0 atom stereocenters. The Morgan fingerprint density at radius 1 is 1.28 bits per heavy atom. The lowest BCUT2D eigenvalue weighted by atomic mass is 10.0. The molecule has 0 radical (unpaired) electrons. The van der Waals surface area contributed by atoms with E-state index < -0.39 is 8.32 Å². The molecule has 1 amide bonds. The van der Waals surface area contributed by atoms with Gasteiger partial charge in [-0.3, -0.25) is 4.79 Å². The SMILES string of the molecule is CSc1ncc2c(n1)N(C)CCN(c1cccc(CC(C)(C)[Si](C)(C)O)c1)C2=O. The smallest absolute Gasteiger partial charge is 0.263 e. The third-order valence-corrected chi connectivity index (χ3v) is 10.0. The summed E-state index contributed by atoms with van der Waals surface area (Å²) in [5.41, 5.74) is 2.52. The molecule has 6 nitrogen and oxygen atoms in total. The largest absolute Gasteiger partial charge is 0.432 e. The molecule has 3 rings (SSSR count). The number of carbonyl (C=O) groups excluding carboxylic acids is 1. The Morgan fingerprint density at radius 2 is 2.00 bits per heavy atom. The van der Waals surface area contributed by atoms with Crippen LogP contribution in [-0.2, 0) is 6.42 Å². The van der Waals surface area contributed by atoms with Crippen LogP contribution in [0.15, 0.2) is 35.6 Å². The van der Waals surface area contributed by atoms with Gasteiger partial charge in [0.25, 0.3) is 5.91 Å². The maximum atomic E-state index is 13.3. The number of hydrogen-bond acceptors (Lipinski definition) is 6. The maximum Gasteiger partial charge on any atom is 0.263 e. The zero-order valence-electron chi connectivity index (χ0n) is 18.1. The Balaban J connectivity index is 1.94. The molecule has 0 fully saturated rings. The third-order valence-electron chi connectivity index (χ3n) is 5.95. The summed E-state index contributed by atoms with van der Waals surface area (Å²) in [5, 5.41) is 0.500. The molecule has 1 aliphatic rings. The van der Waals surface area contributed by atoms with Crippen molar-refractivity contribution >= 4 is 37.5 Å². The van der Waals surface area contributed by atoms with Crippen LogP contribution in [0.2, 0.25) is 18.1 Å². The van der Waals surface area contributed by atoms with Crippen LogP contribution < -0.4 is 9.80 Å². The van der Waals surface area contributed by atoms with E-state index in [1.807, 2.05) is 48.3 Å². The number of thioether (sulfide) groups is 1. The van der Waals surface area contributed by atoms with E-state index in [2.05, 4.69) is 35.9 Å². The standard InChI is InChI=1S/C21H30N4O2SSi/c1-21(2,29(5,6)27)13-15-8-7-9-16(12-15)25-11-10-24(3)18-17(19(25)26)14-22-20(23-18)28-4/h7-9,12,14,27H,10-11,13H2,1-6H3. The summed E-state index contributed by atoms with van der Waals surface area (Å²) in [6.07, 6.45) is 4.34. The number of nitrogens with zero attached hydrogens (tertiary/aromatic N) is 4. The number of carbonyl (C=O) groups is 1. The first-order chi connectivity index (χ1) is 13.5. The second-order valence-corrected chi connectivity index (χ2v) is 14.0. The van der Waals surface area contributed by atoms with Crippen molar-refractivity contribution < 1.29 is 9.59 Å². The van der Waals surface area contributed by atoms with E-state index in [1.54, 1.807) is 6.20 Å². The lowest BCUT2D eigenvalue weighted by molar-refractivity contribution is 0.0989. The molecule has 1 aliphatic heterocycles. The van der Waals surface area contributed by atoms with E-state index in [0.29, 0.717) is 29.6 Å². The highest BCUT2D eigenvalue weighted by atomic mass is 32.2. The number of aromatic nitrogens is 2. The molecule has 1 aromatic carbocycles. The molecule has 1 aromatic heterocycles. The predicted molar refractivity (Wildman–Crippen MR) is 123 cm³/mol. The van der Waals surface area contributed by atoms with Crippen LogP contribution in [0.1, 0.15) is 29.8 Å². The molecule has 1 N–H and O–H groups in total. The van der Waals surface area contributed by atoms with Gasteiger partial charge in [-0.25, -0.2) is 9.97 Å². The average molecular weight is 431 g/mol. The van der Waals surface area contributed by atoms with Gasteiger partial charge in [-0.15, -0.1) is 0 Å². The highest BCUT2D eigenvalue weighted by molar-refractivity contribution is 7.98. The van der Waals surface area contributed by atoms with Gasteiger partial charge in [-0.2, -0.15) is 0 Å². The summed E-state index contributed by atoms with van der Waals surface area (Å²) in [6.45, 7) is 9.46. The van der Waals surface area contributed by atoms with Gasteiger partial charge in [0.15, 0.2) is 13.5 Å². The van der Waals surface area contributed by atoms with Crippen molar-refractivity contribution in [1.29, 1.82) is 0 Å². The van der Waals surface area contributed by atoms with Crippen LogP contribution in [-0.4, -0.2) is 55.4 Å². The molecule has 0 saturated carbocycles. The quantitative estimate of drug-likeness (QED) is 0.442. The Morgan fingerprint density at radius 3 is 2.66 bits per heavy atom. The van der Waals surface area contributed by atoms with Gasteiger partial charge in [-0.05, 0) is 48.5 Å². The molecular weight excluding hydrogens is 400 g/mol. The van der Waals surface area contributed by atoms with Crippen LogP contribution in [0.3, 0.4) is 0 Å². The molecule has 8 heteroatoms. The Hall–Kier alpha value is -1.90. The lowest BCUT2D eigenvalue weighted by Gasteiger charge is -2.35. The number of rotatable bonds is 5. The lowest BCUT2D eigenvalue weighted by Crippen LogP contribution is -2.40.